The number of nitrogens with zero attached hydrogens (tertiary/aromatic N) is 3. The summed E-state index contributed by atoms with van der Waals surface area (Å²) in [5, 5.41) is 29.7. The molecule has 11 heteroatoms. The van der Waals surface area contributed by atoms with Gasteiger partial charge in [-0.3, -0.25) is 4.79 Å². The van der Waals surface area contributed by atoms with Crippen LogP contribution < -0.4 is 20.9 Å². The van der Waals surface area contributed by atoms with Crippen LogP contribution in [0.5, 0.6) is 5.75 Å². The number of hydrogen-bond acceptors (Lipinski definition) is 10. The SMILES string of the molecule is COCCN(C)c1nc(NC2COC2)cc(C(=O)NC[C@@H](O)[C@@H]2Cc3ccc(O)cc3CN2)n1. The van der Waals surface area contributed by atoms with Gasteiger partial charge in [0.05, 0.1) is 32.0 Å². The van der Waals surface area contributed by atoms with Crippen molar-refractivity contribution in [3.8, 4) is 5.75 Å². The maximum Gasteiger partial charge on any atom is 0.270 e. The van der Waals surface area contributed by atoms with Crippen LogP contribution >= 0.6 is 0 Å². The lowest BCUT2D eigenvalue weighted by atomic mass is 9.92. The topological polar surface area (TPSA) is 141 Å². The molecule has 5 N–H and O–H groups in total. The summed E-state index contributed by atoms with van der Waals surface area (Å²) in [6.45, 7) is 2.86. The largest absolute Gasteiger partial charge is 0.508 e. The predicted octanol–water partition coefficient (Wildman–Crippen LogP) is -0.119. The van der Waals surface area contributed by atoms with Crippen LogP contribution in [-0.4, -0.2) is 91.3 Å². The van der Waals surface area contributed by atoms with Gasteiger partial charge in [-0.05, 0) is 29.7 Å². The number of benzene rings is 1. The number of methoxy groups -OCH3 is 1. The first-order valence-corrected chi connectivity index (χ1v) is 11.4. The summed E-state index contributed by atoms with van der Waals surface area (Å²) in [7, 11) is 3.46. The van der Waals surface area contributed by atoms with Crippen LogP contribution in [0.15, 0.2) is 24.3 Å². The number of aromatic hydroxyl groups is 1. The van der Waals surface area contributed by atoms with Gasteiger partial charge in [-0.1, -0.05) is 6.07 Å². The summed E-state index contributed by atoms with van der Waals surface area (Å²) in [4.78, 5) is 23.7. The van der Waals surface area contributed by atoms with Crippen LogP contribution in [0.2, 0.25) is 0 Å². The molecule has 0 unspecified atom stereocenters. The molecule has 184 valence electrons. The number of fused-ring (bicyclic) bond motifs is 1. The summed E-state index contributed by atoms with van der Waals surface area (Å²) in [6, 6.07) is 6.78. The summed E-state index contributed by atoms with van der Waals surface area (Å²) in [5.74, 6) is 0.781. The van der Waals surface area contributed by atoms with E-state index in [0.29, 0.717) is 51.1 Å². The minimum atomic E-state index is -0.790. The van der Waals surface area contributed by atoms with E-state index in [-0.39, 0.29) is 30.1 Å². The van der Waals surface area contributed by atoms with Gasteiger partial charge in [0.15, 0.2) is 0 Å². The summed E-state index contributed by atoms with van der Waals surface area (Å²) in [5.41, 5.74) is 2.29. The van der Waals surface area contributed by atoms with E-state index in [2.05, 4.69) is 25.9 Å². The monoisotopic (exact) mass is 472 g/mol. The number of aromatic nitrogens is 2. The fourth-order valence-corrected chi connectivity index (χ4v) is 3.88. The molecule has 2 atom stereocenters. The molecule has 11 nitrogen and oxygen atoms in total. The van der Waals surface area contributed by atoms with E-state index in [0.717, 1.165) is 11.1 Å². The van der Waals surface area contributed by atoms with Gasteiger partial charge in [-0.2, -0.15) is 4.98 Å². The van der Waals surface area contributed by atoms with Gasteiger partial charge in [0, 0.05) is 45.9 Å². The Bertz CT molecular complexity index is 1000. The molecule has 1 aromatic heterocycles. The molecule has 0 radical (unpaired) electrons. The molecule has 34 heavy (non-hydrogen) atoms. The maximum absolute atomic E-state index is 12.9. The molecule has 4 rings (SSSR count). The Kier molecular flexibility index (Phi) is 7.78. The molecule has 0 saturated carbocycles. The highest BCUT2D eigenvalue weighted by atomic mass is 16.5. The number of phenols is 1. The minimum Gasteiger partial charge on any atom is -0.508 e. The summed E-state index contributed by atoms with van der Waals surface area (Å²) < 4.78 is 10.3. The van der Waals surface area contributed by atoms with Crippen LogP contribution in [-0.2, 0) is 22.4 Å². The zero-order valence-corrected chi connectivity index (χ0v) is 19.5. The quantitative estimate of drug-likeness (QED) is 0.318. The Morgan fingerprint density at radius 2 is 2.15 bits per heavy atom. The number of carbonyl (C=O) groups excluding carboxylic acids is 1. The van der Waals surface area contributed by atoms with E-state index >= 15 is 0 Å². The Morgan fingerprint density at radius 1 is 1.32 bits per heavy atom. The zero-order valence-electron chi connectivity index (χ0n) is 19.5. The number of hydrogen-bond donors (Lipinski definition) is 5. The number of nitrogens with one attached hydrogen (secondary N) is 3. The fraction of sp³-hybridized carbons (Fsp3) is 0.522. The Balaban J connectivity index is 1.40. The molecule has 2 aliphatic rings. The van der Waals surface area contributed by atoms with Gasteiger partial charge in [0.25, 0.3) is 5.91 Å². The van der Waals surface area contributed by atoms with Crippen LogP contribution in [0.1, 0.15) is 21.6 Å². The molecule has 1 amide bonds. The minimum absolute atomic E-state index is 0.0714. The van der Waals surface area contributed by atoms with Gasteiger partial charge in [0.2, 0.25) is 5.95 Å². The van der Waals surface area contributed by atoms with Crippen molar-refractivity contribution in [2.45, 2.75) is 31.2 Å². The van der Waals surface area contributed by atoms with Crippen molar-refractivity contribution in [1.82, 2.24) is 20.6 Å². The molecule has 1 aromatic carbocycles. The van der Waals surface area contributed by atoms with Gasteiger partial charge < -0.3 is 40.5 Å². The number of phenolic OH excluding ortho intramolecular Hbond substituents is 1. The number of aliphatic hydroxyl groups is 1. The van der Waals surface area contributed by atoms with Crippen LogP contribution in [0.3, 0.4) is 0 Å². The molecular formula is C23H32N6O5. The lowest BCUT2D eigenvalue weighted by Crippen LogP contribution is -2.49. The van der Waals surface area contributed by atoms with Crippen LogP contribution in [0.25, 0.3) is 0 Å². The number of likely N-dealkylation sites (N-methyl/N-ethyl adjacent to an activating group) is 1. The number of aliphatic hydroxyl groups excluding tert-OH is 1. The third-order valence-corrected chi connectivity index (χ3v) is 6.03. The van der Waals surface area contributed by atoms with E-state index in [1.54, 1.807) is 25.3 Å². The van der Waals surface area contributed by atoms with Gasteiger partial charge in [0.1, 0.15) is 17.3 Å². The number of ether oxygens (including phenoxy) is 2. The van der Waals surface area contributed by atoms with Crippen molar-refractivity contribution in [2.75, 3.05) is 57.3 Å². The first kappa shape index (κ1) is 24.1. The zero-order chi connectivity index (χ0) is 24.1. The highest BCUT2D eigenvalue weighted by molar-refractivity contribution is 5.93. The third-order valence-electron chi connectivity index (χ3n) is 6.03. The van der Waals surface area contributed by atoms with Crippen molar-refractivity contribution in [2.24, 2.45) is 0 Å². The number of amides is 1. The van der Waals surface area contributed by atoms with E-state index in [1.807, 2.05) is 18.0 Å². The Morgan fingerprint density at radius 3 is 2.88 bits per heavy atom. The molecule has 2 aliphatic heterocycles. The number of carbonyl (C=O) groups is 1. The van der Waals surface area contributed by atoms with Crippen molar-refractivity contribution in [1.29, 1.82) is 0 Å². The second-order valence-electron chi connectivity index (χ2n) is 8.65. The first-order valence-electron chi connectivity index (χ1n) is 11.4. The van der Waals surface area contributed by atoms with Crippen LogP contribution in [0.4, 0.5) is 11.8 Å². The van der Waals surface area contributed by atoms with E-state index in [4.69, 9.17) is 9.47 Å². The van der Waals surface area contributed by atoms with E-state index in [1.165, 1.54) is 0 Å². The molecular weight excluding hydrogens is 440 g/mol. The first-order chi connectivity index (χ1) is 16.4. The molecule has 1 saturated heterocycles. The van der Waals surface area contributed by atoms with E-state index < -0.39 is 12.0 Å². The fourth-order valence-electron chi connectivity index (χ4n) is 3.88. The second kappa shape index (κ2) is 11.0. The summed E-state index contributed by atoms with van der Waals surface area (Å²) in [6.07, 6.45) is -0.187. The van der Waals surface area contributed by atoms with Crippen molar-refractivity contribution >= 4 is 17.7 Å². The normalized spacial score (nSPS) is 18.5. The lowest BCUT2D eigenvalue weighted by molar-refractivity contribution is 0.0209. The second-order valence-corrected chi connectivity index (χ2v) is 8.65. The van der Waals surface area contributed by atoms with E-state index in [9.17, 15) is 15.0 Å². The van der Waals surface area contributed by atoms with Crippen molar-refractivity contribution < 1.29 is 24.5 Å². The Hall–Kier alpha value is -2.99. The number of anilines is 2. The van der Waals surface area contributed by atoms with Crippen LogP contribution in [0, 0.1) is 0 Å². The predicted molar refractivity (Wildman–Crippen MR) is 126 cm³/mol. The van der Waals surface area contributed by atoms with Crippen molar-refractivity contribution in [3.63, 3.8) is 0 Å². The average Bonchev–Trinajstić information content (AvgIpc) is 2.82. The van der Waals surface area contributed by atoms with Gasteiger partial charge >= 0.3 is 0 Å². The lowest BCUT2D eigenvalue weighted by Gasteiger charge is -2.30. The van der Waals surface area contributed by atoms with Gasteiger partial charge in [-0.15, -0.1) is 0 Å². The maximum atomic E-state index is 12.9. The average molecular weight is 473 g/mol. The summed E-state index contributed by atoms with van der Waals surface area (Å²) >= 11 is 0. The highest BCUT2D eigenvalue weighted by Crippen LogP contribution is 2.22. The Labute approximate surface area is 198 Å². The highest BCUT2D eigenvalue weighted by Gasteiger charge is 2.26. The number of rotatable bonds is 10. The smallest absolute Gasteiger partial charge is 0.270 e. The standard InChI is InChI=1S/C23H32N6O5/c1-29(5-6-33-2)23-27-19(9-21(28-23)26-16-12-34-13-16)22(32)25-11-20(31)18-8-14-3-4-17(30)7-15(14)10-24-18/h3-4,7,9,16,18,20,24,30-31H,5-6,8,10-13H2,1-2H3,(H,25,32)(H,26,27,28)/t18-,20+/m0/s1. The molecule has 1 fully saturated rings. The molecule has 0 bridgehead atoms. The molecule has 0 aliphatic carbocycles. The molecule has 3 heterocycles. The molecule has 0 spiro atoms. The molecule has 2 aromatic rings. The third kappa shape index (κ3) is 5.92. The van der Waals surface area contributed by atoms with Gasteiger partial charge in [-0.25, -0.2) is 4.98 Å². The van der Waals surface area contributed by atoms with Crippen molar-refractivity contribution in [3.05, 3.63) is 41.1 Å².